The van der Waals surface area contributed by atoms with Gasteiger partial charge in [-0.25, -0.2) is 9.78 Å². The number of nitriles is 1. The standard InChI is InChI=1S/C25H17ClN2O3/c1-30-24-21(14-27)18(17-10-6-7-11-22(17)26)13-23(28-24)19-12-20(25(29)31-2)16-9-5-3-4-8-15(16)19/h3-13H,1-2H3. The molecule has 2 aliphatic carbocycles. The minimum Gasteiger partial charge on any atom is -0.480 e. The number of ether oxygens (including phenoxy) is 2. The van der Waals surface area contributed by atoms with E-state index in [0.717, 1.165) is 16.7 Å². The van der Waals surface area contributed by atoms with E-state index in [4.69, 9.17) is 21.1 Å². The molecule has 0 aliphatic heterocycles. The van der Waals surface area contributed by atoms with Crippen molar-refractivity contribution < 1.29 is 14.3 Å². The molecule has 0 saturated carbocycles. The second-order valence-electron chi connectivity index (χ2n) is 6.73. The molecule has 152 valence electrons. The van der Waals surface area contributed by atoms with Crippen LogP contribution in [-0.4, -0.2) is 25.2 Å². The number of fused-ring (bicyclic) bond motifs is 1. The predicted octanol–water partition coefficient (Wildman–Crippen LogP) is 5.84. The highest BCUT2D eigenvalue weighted by molar-refractivity contribution is 6.33. The monoisotopic (exact) mass is 428 g/mol. The minimum atomic E-state index is -0.436. The quantitative estimate of drug-likeness (QED) is 0.382. The third kappa shape index (κ3) is 3.58. The van der Waals surface area contributed by atoms with Gasteiger partial charge in [-0.05, 0) is 29.3 Å². The molecule has 4 rings (SSSR count). The molecular formula is C25H17ClN2O3. The maximum atomic E-state index is 12.4. The Bertz CT molecular complexity index is 1310. The Kier molecular flexibility index (Phi) is 5.57. The van der Waals surface area contributed by atoms with E-state index in [-0.39, 0.29) is 11.4 Å². The lowest BCUT2D eigenvalue weighted by atomic mass is 9.98. The molecular weight excluding hydrogens is 412 g/mol. The molecule has 2 aromatic rings. The van der Waals surface area contributed by atoms with Crippen molar-refractivity contribution in [2.24, 2.45) is 0 Å². The first-order valence-electron chi connectivity index (χ1n) is 9.43. The summed E-state index contributed by atoms with van der Waals surface area (Å²) in [5.74, 6) is -0.251. The lowest BCUT2D eigenvalue weighted by Gasteiger charge is -2.13. The maximum absolute atomic E-state index is 12.4. The van der Waals surface area contributed by atoms with Crippen molar-refractivity contribution in [3.63, 3.8) is 0 Å². The number of benzene rings is 1. The molecule has 31 heavy (non-hydrogen) atoms. The first-order valence-corrected chi connectivity index (χ1v) is 9.81. The van der Waals surface area contributed by atoms with Crippen molar-refractivity contribution in [1.29, 1.82) is 5.26 Å². The lowest BCUT2D eigenvalue weighted by Crippen LogP contribution is -2.00. The number of carbonyl (C=O) groups excluding carboxylic acids is 1. The van der Waals surface area contributed by atoms with E-state index < -0.39 is 5.97 Å². The molecule has 0 amide bonds. The van der Waals surface area contributed by atoms with Crippen molar-refractivity contribution in [3.8, 4) is 45.5 Å². The van der Waals surface area contributed by atoms with Crippen LogP contribution in [-0.2, 0) is 4.74 Å². The van der Waals surface area contributed by atoms with Gasteiger partial charge in [0.2, 0.25) is 5.88 Å². The molecule has 0 spiro atoms. The highest BCUT2D eigenvalue weighted by Crippen LogP contribution is 2.42. The molecule has 0 unspecified atom stereocenters. The molecule has 1 aromatic heterocycles. The number of nitrogens with zero attached hydrogens (tertiary/aromatic N) is 2. The van der Waals surface area contributed by atoms with E-state index in [1.54, 1.807) is 18.2 Å². The van der Waals surface area contributed by atoms with E-state index >= 15 is 0 Å². The second-order valence-corrected chi connectivity index (χ2v) is 7.14. The number of hydrogen-bond donors (Lipinski definition) is 0. The number of esters is 1. The van der Waals surface area contributed by atoms with Crippen LogP contribution in [0.4, 0.5) is 0 Å². The largest absolute Gasteiger partial charge is 0.480 e. The number of rotatable bonds is 4. The summed E-state index contributed by atoms with van der Waals surface area (Å²) in [6, 6.07) is 22.4. The van der Waals surface area contributed by atoms with Crippen molar-refractivity contribution in [2.45, 2.75) is 0 Å². The van der Waals surface area contributed by atoms with E-state index in [2.05, 4.69) is 11.1 Å². The molecule has 0 atom stereocenters. The average Bonchev–Trinajstić information content (AvgIpc) is 2.98. The van der Waals surface area contributed by atoms with Crippen LogP contribution in [0.25, 0.3) is 33.5 Å². The Morgan fingerprint density at radius 2 is 1.58 bits per heavy atom. The number of methoxy groups -OCH3 is 2. The van der Waals surface area contributed by atoms with Gasteiger partial charge in [0.25, 0.3) is 0 Å². The molecule has 0 bridgehead atoms. The van der Waals surface area contributed by atoms with Crippen LogP contribution in [0.5, 0.6) is 5.88 Å². The van der Waals surface area contributed by atoms with Crippen LogP contribution in [0.3, 0.4) is 0 Å². The lowest BCUT2D eigenvalue weighted by molar-refractivity contribution is 0.0602. The van der Waals surface area contributed by atoms with E-state index in [1.165, 1.54) is 14.2 Å². The molecule has 6 heteroatoms. The summed E-state index contributed by atoms with van der Waals surface area (Å²) in [7, 11) is 2.81. The average molecular weight is 429 g/mol. The van der Waals surface area contributed by atoms with Gasteiger partial charge in [-0.15, -0.1) is 0 Å². The van der Waals surface area contributed by atoms with Gasteiger partial charge < -0.3 is 9.47 Å². The highest BCUT2D eigenvalue weighted by Gasteiger charge is 2.24. The zero-order valence-corrected chi connectivity index (χ0v) is 17.6. The molecule has 5 nitrogen and oxygen atoms in total. The summed E-state index contributed by atoms with van der Waals surface area (Å²) in [6.45, 7) is 0. The molecule has 2 aliphatic rings. The number of aromatic nitrogens is 1. The third-order valence-corrected chi connectivity index (χ3v) is 5.37. The van der Waals surface area contributed by atoms with Crippen LogP contribution in [0.15, 0.2) is 66.7 Å². The Hall–Kier alpha value is -3.88. The Morgan fingerprint density at radius 3 is 2.26 bits per heavy atom. The van der Waals surface area contributed by atoms with Gasteiger partial charge in [0.1, 0.15) is 11.6 Å². The molecule has 0 radical (unpaired) electrons. The second kappa shape index (κ2) is 8.47. The van der Waals surface area contributed by atoms with Crippen LogP contribution in [0.2, 0.25) is 5.02 Å². The van der Waals surface area contributed by atoms with Crippen LogP contribution >= 0.6 is 11.6 Å². The third-order valence-electron chi connectivity index (χ3n) is 5.04. The fraction of sp³-hybridized carbons (Fsp3) is 0.0800. The smallest absolute Gasteiger partial charge is 0.338 e. The van der Waals surface area contributed by atoms with Gasteiger partial charge in [-0.3, -0.25) is 0 Å². The summed E-state index contributed by atoms with van der Waals surface area (Å²) < 4.78 is 10.4. The Balaban J connectivity index is 2.04. The van der Waals surface area contributed by atoms with Crippen molar-refractivity contribution in [2.75, 3.05) is 14.2 Å². The summed E-state index contributed by atoms with van der Waals surface area (Å²) in [5.41, 5.74) is 4.87. The Labute approximate surface area is 184 Å². The molecule has 0 N–H and O–H groups in total. The van der Waals surface area contributed by atoms with Crippen molar-refractivity contribution in [3.05, 3.63) is 82.9 Å². The van der Waals surface area contributed by atoms with E-state index in [9.17, 15) is 10.1 Å². The van der Waals surface area contributed by atoms with Gasteiger partial charge in [-0.1, -0.05) is 60.1 Å². The molecule has 1 aromatic carbocycles. The zero-order chi connectivity index (χ0) is 22.0. The Morgan fingerprint density at radius 1 is 0.903 bits per heavy atom. The summed E-state index contributed by atoms with van der Waals surface area (Å²) >= 11 is 6.43. The number of pyridine rings is 1. The van der Waals surface area contributed by atoms with Gasteiger partial charge >= 0.3 is 5.97 Å². The summed E-state index contributed by atoms with van der Waals surface area (Å²) in [5, 5.41) is 10.3. The normalized spacial score (nSPS) is 10.5. The van der Waals surface area contributed by atoms with E-state index in [1.807, 2.05) is 48.5 Å². The number of hydrogen-bond acceptors (Lipinski definition) is 5. The van der Waals surface area contributed by atoms with Crippen molar-refractivity contribution in [1.82, 2.24) is 4.98 Å². The van der Waals surface area contributed by atoms with Crippen LogP contribution in [0, 0.1) is 11.3 Å². The minimum absolute atomic E-state index is 0.184. The van der Waals surface area contributed by atoms with Crippen LogP contribution in [0.1, 0.15) is 15.9 Å². The topological polar surface area (TPSA) is 72.2 Å². The van der Waals surface area contributed by atoms with Crippen LogP contribution < -0.4 is 4.74 Å². The fourth-order valence-electron chi connectivity index (χ4n) is 3.62. The summed E-state index contributed by atoms with van der Waals surface area (Å²) in [4.78, 5) is 17.0. The highest BCUT2D eigenvalue weighted by atomic mass is 35.5. The maximum Gasteiger partial charge on any atom is 0.338 e. The van der Waals surface area contributed by atoms with Gasteiger partial charge in [0, 0.05) is 21.7 Å². The molecule has 1 heterocycles. The molecule has 0 saturated heterocycles. The van der Waals surface area contributed by atoms with E-state index in [0.29, 0.717) is 27.4 Å². The fourth-order valence-corrected chi connectivity index (χ4v) is 3.85. The molecule has 0 fully saturated rings. The van der Waals surface area contributed by atoms with Crippen molar-refractivity contribution >= 4 is 17.6 Å². The van der Waals surface area contributed by atoms with Gasteiger partial charge in [0.05, 0.1) is 25.5 Å². The number of carbonyl (C=O) groups is 1. The first kappa shape index (κ1) is 20.4. The predicted molar refractivity (Wildman–Crippen MR) is 119 cm³/mol. The summed E-state index contributed by atoms with van der Waals surface area (Å²) in [6.07, 6.45) is 0. The van der Waals surface area contributed by atoms with Gasteiger partial charge in [-0.2, -0.15) is 5.26 Å². The van der Waals surface area contributed by atoms with Gasteiger partial charge in [0.15, 0.2) is 0 Å². The first-order chi connectivity index (χ1) is 15.1. The SMILES string of the molecule is COC(=O)c1cc(-c2cc(-c3ccccc3Cl)c(C#N)c(OC)n2)c2cccccc1-2. The number of halogens is 1. The zero-order valence-electron chi connectivity index (χ0n) is 16.8.